The Bertz CT molecular complexity index is 1010. The van der Waals surface area contributed by atoms with E-state index in [2.05, 4.69) is 0 Å². The fourth-order valence-electron chi connectivity index (χ4n) is 2.56. The fraction of sp³-hybridized carbons (Fsp3) is 0. The number of rotatable bonds is 7. The van der Waals surface area contributed by atoms with Gasteiger partial charge in [-0.3, -0.25) is 40.5 Å². The standard InChI is InChI=1S/C14H6N4O12/c19-13(20)5-1-7(15(23)24)11(8(2-5)16(25)26)12-9(17(27)28)3-6(14(21)22)4-10(12)18(29)30/h1-4H,(H,19,20)(H,21,22). The molecule has 0 spiro atoms. The number of carboxylic acids is 2. The molecule has 2 N–H and O–H groups in total. The van der Waals surface area contributed by atoms with E-state index >= 15 is 0 Å². The van der Waals surface area contributed by atoms with Crippen molar-refractivity contribution in [1.82, 2.24) is 0 Å². The molecule has 0 atom stereocenters. The van der Waals surface area contributed by atoms with E-state index in [1.165, 1.54) is 0 Å². The van der Waals surface area contributed by atoms with Crippen molar-refractivity contribution in [2.75, 3.05) is 0 Å². The molecule has 0 aromatic heterocycles. The lowest BCUT2D eigenvalue weighted by atomic mass is 9.94. The Hall–Kier alpha value is -5.02. The summed E-state index contributed by atoms with van der Waals surface area (Å²) in [7, 11) is 0. The van der Waals surface area contributed by atoms with Crippen LogP contribution in [0.1, 0.15) is 20.7 Å². The SMILES string of the molecule is O=C(O)c1cc([N+](=O)[O-])c(-c2c([N+](=O)[O-])cc(C(=O)O)cc2[N+](=O)[O-])c([N+](=O)[O-])c1. The maximum atomic E-state index is 11.4. The van der Waals surface area contributed by atoms with Crippen LogP contribution in [0.15, 0.2) is 24.3 Å². The van der Waals surface area contributed by atoms with Gasteiger partial charge in [0.1, 0.15) is 0 Å². The van der Waals surface area contributed by atoms with Crippen molar-refractivity contribution in [1.29, 1.82) is 0 Å². The van der Waals surface area contributed by atoms with Crippen LogP contribution < -0.4 is 0 Å². The first-order valence-corrected chi connectivity index (χ1v) is 7.27. The second-order valence-corrected chi connectivity index (χ2v) is 5.42. The zero-order valence-electron chi connectivity index (χ0n) is 14.1. The van der Waals surface area contributed by atoms with Crippen molar-refractivity contribution in [3.63, 3.8) is 0 Å². The average molecular weight is 422 g/mol. The van der Waals surface area contributed by atoms with E-state index < -0.39 is 76.6 Å². The smallest absolute Gasteiger partial charge is 0.336 e. The number of aromatic carboxylic acids is 2. The van der Waals surface area contributed by atoms with Gasteiger partial charge in [-0.25, -0.2) is 9.59 Å². The Morgan fingerprint density at radius 3 is 0.900 bits per heavy atom. The summed E-state index contributed by atoms with van der Waals surface area (Å²) >= 11 is 0. The normalized spacial score (nSPS) is 10.3. The van der Waals surface area contributed by atoms with E-state index in [4.69, 9.17) is 10.2 Å². The third-order valence-electron chi connectivity index (χ3n) is 3.72. The second-order valence-electron chi connectivity index (χ2n) is 5.42. The topological polar surface area (TPSA) is 247 Å². The third kappa shape index (κ3) is 3.67. The van der Waals surface area contributed by atoms with E-state index in [0.29, 0.717) is 24.3 Å². The van der Waals surface area contributed by atoms with Crippen LogP contribution in [0.5, 0.6) is 0 Å². The molecule has 0 saturated heterocycles. The molecule has 0 aliphatic heterocycles. The molecule has 16 heteroatoms. The Morgan fingerprint density at radius 2 is 0.767 bits per heavy atom. The predicted molar refractivity (Wildman–Crippen MR) is 92.4 cm³/mol. The van der Waals surface area contributed by atoms with Crippen LogP contribution in [0.25, 0.3) is 11.1 Å². The van der Waals surface area contributed by atoms with Gasteiger partial charge in [-0.1, -0.05) is 0 Å². The van der Waals surface area contributed by atoms with E-state index in [-0.39, 0.29) is 0 Å². The lowest BCUT2D eigenvalue weighted by Gasteiger charge is -2.08. The number of benzene rings is 2. The molecule has 16 nitrogen and oxygen atoms in total. The summed E-state index contributed by atoms with van der Waals surface area (Å²) < 4.78 is 0. The van der Waals surface area contributed by atoms with Crippen LogP contribution in [-0.4, -0.2) is 41.8 Å². The van der Waals surface area contributed by atoms with Gasteiger partial charge in [-0.2, -0.15) is 0 Å². The molecule has 2 rings (SSSR count). The molecule has 0 unspecified atom stereocenters. The van der Waals surface area contributed by atoms with Gasteiger partial charge in [0.25, 0.3) is 22.7 Å². The first kappa shape index (κ1) is 21.3. The number of nitro benzene ring substituents is 4. The molecule has 2 aromatic carbocycles. The lowest BCUT2D eigenvalue weighted by Crippen LogP contribution is -2.08. The van der Waals surface area contributed by atoms with E-state index in [0.717, 1.165) is 0 Å². The van der Waals surface area contributed by atoms with Crippen LogP contribution in [0.3, 0.4) is 0 Å². The maximum Gasteiger partial charge on any atom is 0.336 e. The van der Waals surface area contributed by atoms with Gasteiger partial charge in [0.05, 0.1) is 30.8 Å². The Labute approximate surface area is 162 Å². The number of hydrogen-bond donors (Lipinski definition) is 2. The van der Waals surface area contributed by atoms with Crippen molar-refractivity contribution >= 4 is 34.7 Å². The fourth-order valence-corrected chi connectivity index (χ4v) is 2.56. The highest BCUT2D eigenvalue weighted by molar-refractivity contribution is 6.00. The second kappa shape index (κ2) is 7.54. The largest absolute Gasteiger partial charge is 0.478 e. The summed E-state index contributed by atoms with van der Waals surface area (Å²) in [5.41, 5.74) is -9.64. The maximum absolute atomic E-state index is 11.4. The van der Waals surface area contributed by atoms with Crippen molar-refractivity contribution < 1.29 is 39.5 Å². The molecule has 154 valence electrons. The van der Waals surface area contributed by atoms with Gasteiger partial charge in [0.15, 0.2) is 11.1 Å². The monoisotopic (exact) mass is 422 g/mol. The van der Waals surface area contributed by atoms with Gasteiger partial charge in [-0.15, -0.1) is 0 Å². The molecule has 0 fully saturated rings. The first-order valence-electron chi connectivity index (χ1n) is 7.27. The quantitative estimate of drug-likeness (QED) is 0.482. The van der Waals surface area contributed by atoms with Gasteiger partial charge in [0.2, 0.25) is 0 Å². The van der Waals surface area contributed by atoms with Crippen LogP contribution in [0, 0.1) is 40.5 Å². The first-order chi connectivity index (χ1) is 13.9. The molecule has 0 aliphatic rings. The van der Waals surface area contributed by atoms with Gasteiger partial charge >= 0.3 is 11.9 Å². The van der Waals surface area contributed by atoms with Crippen molar-refractivity contribution in [2.24, 2.45) is 0 Å². The summed E-state index contributed by atoms with van der Waals surface area (Å²) in [6, 6.07) is 1.35. The highest BCUT2D eigenvalue weighted by Gasteiger charge is 2.39. The Morgan fingerprint density at radius 1 is 0.567 bits per heavy atom. The van der Waals surface area contributed by atoms with Crippen LogP contribution in [0.2, 0.25) is 0 Å². The van der Waals surface area contributed by atoms with Crippen molar-refractivity contribution in [3.05, 3.63) is 75.8 Å². The Kier molecular flexibility index (Phi) is 5.35. The van der Waals surface area contributed by atoms with Crippen LogP contribution in [0.4, 0.5) is 22.7 Å². The predicted octanol–water partition coefficient (Wildman–Crippen LogP) is 2.38. The molecule has 0 saturated carbocycles. The zero-order valence-corrected chi connectivity index (χ0v) is 14.1. The van der Waals surface area contributed by atoms with Crippen LogP contribution in [-0.2, 0) is 0 Å². The highest BCUT2D eigenvalue weighted by atomic mass is 16.6. The van der Waals surface area contributed by atoms with Crippen molar-refractivity contribution in [3.8, 4) is 11.1 Å². The number of hydrogen-bond acceptors (Lipinski definition) is 10. The summed E-state index contributed by atoms with van der Waals surface area (Å²) in [5.74, 6) is -3.61. The molecule has 0 heterocycles. The third-order valence-corrected chi connectivity index (χ3v) is 3.72. The number of nitrogens with zero attached hydrogens (tertiary/aromatic N) is 4. The minimum absolute atomic E-state index is 0.337. The molecule has 0 amide bonds. The molecular weight excluding hydrogens is 416 g/mol. The molecule has 30 heavy (non-hydrogen) atoms. The average Bonchev–Trinajstić information content (AvgIpc) is 2.65. The van der Waals surface area contributed by atoms with E-state index in [1.807, 2.05) is 0 Å². The van der Waals surface area contributed by atoms with Crippen LogP contribution >= 0.6 is 0 Å². The zero-order chi connectivity index (χ0) is 22.9. The minimum Gasteiger partial charge on any atom is -0.478 e. The van der Waals surface area contributed by atoms with Crippen molar-refractivity contribution in [2.45, 2.75) is 0 Å². The molecule has 0 aliphatic carbocycles. The number of nitro groups is 4. The Balaban J connectivity index is 3.21. The lowest BCUT2D eigenvalue weighted by molar-refractivity contribution is -0.397. The summed E-state index contributed by atoms with van der Waals surface area (Å²) in [5, 5.41) is 63.8. The summed E-state index contributed by atoms with van der Waals surface area (Å²) in [4.78, 5) is 62.8. The van der Waals surface area contributed by atoms with E-state index in [1.54, 1.807) is 0 Å². The van der Waals surface area contributed by atoms with Gasteiger partial charge in [-0.05, 0) is 0 Å². The molecule has 0 radical (unpaired) electrons. The minimum atomic E-state index is -1.81. The van der Waals surface area contributed by atoms with Gasteiger partial charge < -0.3 is 10.2 Å². The molecule has 0 bridgehead atoms. The number of carbonyl (C=O) groups is 2. The summed E-state index contributed by atoms with van der Waals surface area (Å²) in [6.07, 6.45) is 0. The molecule has 2 aromatic rings. The number of carboxylic acid groups (broad SMARTS) is 2. The van der Waals surface area contributed by atoms with E-state index in [9.17, 15) is 50.0 Å². The molecular formula is C14H6N4O12. The van der Waals surface area contributed by atoms with Gasteiger partial charge in [0, 0.05) is 24.3 Å². The highest BCUT2D eigenvalue weighted by Crippen LogP contribution is 2.48. The summed E-state index contributed by atoms with van der Waals surface area (Å²) in [6.45, 7) is 0.